The number of carbonyl (C=O) groups is 1. The number of nitriles is 1. The highest BCUT2D eigenvalue weighted by atomic mass is 32.2. The van der Waals surface area contributed by atoms with E-state index in [1.54, 1.807) is 6.07 Å². The summed E-state index contributed by atoms with van der Waals surface area (Å²) in [6, 6.07) is 7.56. The molecule has 0 radical (unpaired) electrons. The Kier molecular flexibility index (Phi) is 4.53. The number of carboxylic acid groups (broad SMARTS) is 1. The van der Waals surface area contributed by atoms with Gasteiger partial charge in [-0.1, -0.05) is 6.07 Å². The fraction of sp³-hybridized carbons (Fsp3) is 0.200. The third-order valence-corrected chi connectivity index (χ3v) is 3.49. The molecule has 0 unspecified atom stereocenters. The molecular weight excluding hydrogens is 230 g/mol. The van der Waals surface area contributed by atoms with Crippen molar-refractivity contribution in [3.05, 3.63) is 23.8 Å². The third-order valence-electron chi connectivity index (χ3n) is 1.67. The van der Waals surface area contributed by atoms with Crippen molar-refractivity contribution in [1.82, 2.24) is 0 Å². The second-order valence-corrected chi connectivity index (χ2v) is 4.49. The summed E-state index contributed by atoms with van der Waals surface area (Å²) in [7, 11) is 0. The number of rotatable bonds is 4. The lowest BCUT2D eigenvalue weighted by Gasteiger charge is -2.05. The van der Waals surface area contributed by atoms with E-state index >= 15 is 0 Å². The molecule has 0 fully saturated rings. The van der Waals surface area contributed by atoms with Crippen molar-refractivity contribution in [2.45, 2.75) is 9.79 Å². The first-order valence-electron chi connectivity index (χ1n) is 4.10. The molecule has 1 aromatic rings. The van der Waals surface area contributed by atoms with Crippen LogP contribution in [0.2, 0.25) is 0 Å². The maximum Gasteiger partial charge on any atom is 0.313 e. The average molecular weight is 239 g/mol. The summed E-state index contributed by atoms with van der Waals surface area (Å²) in [4.78, 5) is 12.0. The molecule has 0 aliphatic rings. The minimum absolute atomic E-state index is 0.0213. The molecule has 0 saturated carbocycles. The molecule has 1 rings (SSSR count). The fourth-order valence-electron chi connectivity index (χ4n) is 1.05. The van der Waals surface area contributed by atoms with Gasteiger partial charge in [0.1, 0.15) is 6.07 Å². The highest BCUT2D eigenvalue weighted by molar-refractivity contribution is 8.00. The highest BCUT2D eigenvalue weighted by Gasteiger charge is 2.08. The lowest BCUT2D eigenvalue weighted by atomic mass is 10.2. The largest absolute Gasteiger partial charge is 0.481 e. The maximum atomic E-state index is 10.4. The Hall–Kier alpha value is -1.12. The molecule has 0 aromatic heterocycles. The summed E-state index contributed by atoms with van der Waals surface area (Å²) in [6.45, 7) is 0. The van der Waals surface area contributed by atoms with Gasteiger partial charge < -0.3 is 5.11 Å². The Morgan fingerprint density at radius 1 is 1.53 bits per heavy atom. The van der Waals surface area contributed by atoms with Crippen molar-refractivity contribution in [1.29, 1.82) is 5.26 Å². The quantitative estimate of drug-likeness (QED) is 0.818. The van der Waals surface area contributed by atoms with Crippen LogP contribution in [0.5, 0.6) is 0 Å². The summed E-state index contributed by atoms with van der Waals surface area (Å²) in [5.74, 6) is -0.898. The molecule has 5 heteroatoms. The number of aliphatic carboxylic acids is 1. The predicted molar refractivity (Wildman–Crippen MR) is 61.3 cm³/mol. The molecule has 3 nitrogen and oxygen atoms in total. The molecule has 1 N–H and O–H groups in total. The van der Waals surface area contributed by atoms with Crippen LogP contribution in [0.4, 0.5) is 0 Å². The first kappa shape index (κ1) is 12.0. The van der Waals surface area contributed by atoms with Gasteiger partial charge in [-0.05, 0) is 18.4 Å². The smallest absolute Gasteiger partial charge is 0.313 e. The normalized spacial score (nSPS) is 9.60. The van der Waals surface area contributed by atoms with Crippen LogP contribution in [0, 0.1) is 11.3 Å². The van der Waals surface area contributed by atoms with Crippen molar-refractivity contribution >= 4 is 29.5 Å². The van der Waals surface area contributed by atoms with Gasteiger partial charge >= 0.3 is 5.97 Å². The number of benzene rings is 1. The van der Waals surface area contributed by atoms with Gasteiger partial charge in [0.2, 0.25) is 0 Å². The van der Waals surface area contributed by atoms with Crippen molar-refractivity contribution < 1.29 is 9.90 Å². The van der Waals surface area contributed by atoms with Gasteiger partial charge in [0.15, 0.2) is 0 Å². The van der Waals surface area contributed by atoms with Crippen LogP contribution in [0.25, 0.3) is 0 Å². The summed E-state index contributed by atoms with van der Waals surface area (Å²) in [5.41, 5.74) is 0.566. The SMILES string of the molecule is CSc1cccc(SCC(=O)O)c1C#N. The van der Waals surface area contributed by atoms with Crippen molar-refractivity contribution in [2.75, 3.05) is 12.0 Å². The van der Waals surface area contributed by atoms with Gasteiger partial charge in [0.05, 0.1) is 11.3 Å². The van der Waals surface area contributed by atoms with Gasteiger partial charge in [-0.15, -0.1) is 23.5 Å². The zero-order valence-electron chi connectivity index (χ0n) is 8.06. The molecule has 0 aliphatic heterocycles. The first-order chi connectivity index (χ1) is 7.19. The van der Waals surface area contributed by atoms with E-state index in [0.717, 1.165) is 9.79 Å². The molecule has 0 amide bonds. The molecule has 0 saturated heterocycles. The van der Waals surface area contributed by atoms with Crippen LogP contribution in [-0.2, 0) is 4.79 Å². The zero-order valence-corrected chi connectivity index (χ0v) is 9.69. The van der Waals surface area contributed by atoms with Gasteiger partial charge in [0, 0.05) is 9.79 Å². The molecule has 0 atom stereocenters. The Balaban J connectivity index is 2.97. The van der Waals surface area contributed by atoms with E-state index in [9.17, 15) is 4.79 Å². The topological polar surface area (TPSA) is 61.1 Å². The maximum absolute atomic E-state index is 10.4. The van der Waals surface area contributed by atoms with Crippen LogP contribution in [0.15, 0.2) is 28.0 Å². The number of carboxylic acids is 1. The van der Waals surface area contributed by atoms with Gasteiger partial charge in [-0.25, -0.2) is 0 Å². The van der Waals surface area contributed by atoms with Crippen molar-refractivity contribution in [3.63, 3.8) is 0 Å². The Morgan fingerprint density at radius 3 is 2.73 bits per heavy atom. The Bertz CT molecular complexity index is 412. The molecular formula is C10H9NO2S2. The van der Waals surface area contributed by atoms with E-state index < -0.39 is 5.97 Å². The number of thioether (sulfide) groups is 2. The van der Waals surface area contributed by atoms with Gasteiger partial charge in [-0.3, -0.25) is 4.79 Å². The molecule has 1 aromatic carbocycles. The molecule has 0 spiro atoms. The lowest BCUT2D eigenvalue weighted by molar-refractivity contribution is -0.133. The molecule has 0 heterocycles. The molecule has 78 valence electrons. The molecule has 0 bridgehead atoms. The van der Waals surface area contributed by atoms with Crippen LogP contribution >= 0.6 is 23.5 Å². The van der Waals surface area contributed by atoms with Crippen molar-refractivity contribution in [2.24, 2.45) is 0 Å². The fourth-order valence-corrected chi connectivity index (χ4v) is 2.44. The van der Waals surface area contributed by atoms with E-state index in [1.165, 1.54) is 23.5 Å². The van der Waals surface area contributed by atoms with E-state index in [0.29, 0.717) is 5.56 Å². The third kappa shape index (κ3) is 3.18. The van der Waals surface area contributed by atoms with E-state index in [4.69, 9.17) is 10.4 Å². The predicted octanol–water partition coefficient (Wildman–Crippen LogP) is 2.46. The number of hydrogen-bond acceptors (Lipinski definition) is 4. The summed E-state index contributed by atoms with van der Waals surface area (Å²) in [5, 5.41) is 17.5. The Labute approximate surface area is 96.5 Å². The monoisotopic (exact) mass is 239 g/mol. The second-order valence-electron chi connectivity index (χ2n) is 2.63. The molecule has 15 heavy (non-hydrogen) atoms. The standard InChI is InChI=1S/C10H9NO2S2/c1-14-8-3-2-4-9(7(8)5-11)15-6-10(12)13/h2-4H,6H2,1H3,(H,12,13). The Morgan fingerprint density at radius 2 is 2.20 bits per heavy atom. The summed E-state index contributed by atoms with van der Waals surface area (Å²) in [6.07, 6.45) is 1.89. The van der Waals surface area contributed by atoms with Crippen LogP contribution in [0.3, 0.4) is 0 Å². The van der Waals surface area contributed by atoms with E-state index in [-0.39, 0.29) is 5.75 Å². The zero-order chi connectivity index (χ0) is 11.3. The number of hydrogen-bond donors (Lipinski definition) is 1. The second kappa shape index (κ2) is 5.69. The average Bonchev–Trinajstić information content (AvgIpc) is 2.25. The summed E-state index contributed by atoms with van der Waals surface area (Å²) < 4.78 is 0. The van der Waals surface area contributed by atoms with Crippen LogP contribution in [0.1, 0.15) is 5.56 Å². The minimum atomic E-state index is -0.876. The van der Waals surface area contributed by atoms with Gasteiger partial charge in [-0.2, -0.15) is 5.26 Å². The van der Waals surface area contributed by atoms with E-state index in [1.807, 2.05) is 18.4 Å². The van der Waals surface area contributed by atoms with Crippen LogP contribution in [-0.4, -0.2) is 23.1 Å². The van der Waals surface area contributed by atoms with E-state index in [2.05, 4.69) is 6.07 Å². The first-order valence-corrected chi connectivity index (χ1v) is 6.31. The van der Waals surface area contributed by atoms with Gasteiger partial charge in [0.25, 0.3) is 0 Å². The van der Waals surface area contributed by atoms with Crippen molar-refractivity contribution in [3.8, 4) is 6.07 Å². The summed E-state index contributed by atoms with van der Waals surface area (Å²) >= 11 is 2.66. The lowest BCUT2D eigenvalue weighted by Crippen LogP contribution is -1.98. The number of nitrogens with zero attached hydrogens (tertiary/aromatic N) is 1. The highest BCUT2D eigenvalue weighted by Crippen LogP contribution is 2.29. The molecule has 0 aliphatic carbocycles. The van der Waals surface area contributed by atoms with Crippen LogP contribution < -0.4 is 0 Å². The minimum Gasteiger partial charge on any atom is -0.481 e.